The number of alkyl carbamates (subject to hydrolysis) is 1. The van der Waals surface area contributed by atoms with Crippen molar-refractivity contribution in [3.8, 4) is 0 Å². The lowest BCUT2D eigenvalue weighted by Crippen LogP contribution is -2.53. The van der Waals surface area contributed by atoms with Gasteiger partial charge in [0.25, 0.3) is 0 Å². The van der Waals surface area contributed by atoms with Gasteiger partial charge >= 0.3 is 12.1 Å². The molecule has 8 heteroatoms. The molecule has 4 aromatic rings. The highest BCUT2D eigenvalue weighted by Gasteiger charge is 2.29. The molecule has 0 spiro atoms. The Balaban J connectivity index is 1.51. The van der Waals surface area contributed by atoms with Crippen LogP contribution in [0.1, 0.15) is 16.7 Å². The number of ether oxygens (including phenoxy) is 2. The summed E-state index contributed by atoms with van der Waals surface area (Å²) in [5, 5.41) is 6.38. The lowest BCUT2D eigenvalue weighted by molar-refractivity contribution is -0.145. The van der Waals surface area contributed by atoms with Gasteiger partial charge in [-0.25, -0.2) is 9.59 Å². The zero-order valence-electron chi connectivity index (χ0n) is 20.5. The van der Waals surface area contributed by atoms with Crippen LogP contribution in [0.2, 0.25) is 0 Å². The molecule has 0 aliphatic heterocycles. The Bertz CT molecular complexity index is 1340. The van der Waals surface area contributed by atoms with E-state index in [0.29, 0.717) is 0 Å². The smallest absolute Gasteiger partial charge is 0.408 e. The number of benzene rings is 3. The first kappa shape index (κ1) is 25.5. The number of aromatic amines is 1. The van der Waals surface area contributed by atoms with Gasteiger partial charge in [-0.15, -0.1) is 0 Å². The van der Waals surface area contributed by atoms with Gasteiger partial charge in [-0.05, 0) is 22.8 Å². The summed E-state index contributed by atoms with van der Waals surface area (Å²) in [6.07, 6.45) is 1.51. The maximum atomic E-state index is 13.4. The van der Waals surface area contributed by atoms with Gasteiger partial charge < -0.3 is 25.1 Å². The highest BCUT2D eigenvalue weighted by molar-refractivity contribution is 5.91. The summed E-state index contributed by atoms with van der Waals surface area (Å²) in [5.41, 5.74) is 3.45. The Hall–Kier alpha value is -4.59. The molecule has 2 atom stereocenters. The predicted octanol–water partition coefficient (Wildman–Crippen LogP) is 3.91. The monoisotopic (exact) mass is 499 g/mol. The van der Waals surface area contributed by atoms with Crippen LogP contribution in [-0.4, -0.2) is 42.1 Å². The van der Waals surface area contributed by atoms with Crippen molar-refractivity contribution in [1.29, 1.82) is 0 Å². The maximum absolute atomic E-state index is 13.4. The van der Waals surface area contributed by atoms with E-state index in [1.165, 1.54) is 7.11 Å². The second kappa shape index (κ2) is 12.4. The van der Waals surface area contributed by atoms with Crippen molar-refractivity contribution in [2.75, 3.05) is 7.11 Å². The topological polar surface area (TPSA) is 110 Å². The summed E-state index contributed by atoms with van der Waals surface area (Å²) in [5.74, 6) is -1.09. The molecule has 0 aliphatic rings. The lowest BCUT2D eigenvalue weighted by Gasteiger charge is -2.22. The summed E-state index contributed by atoms with van der Waals surface area (Å²) in [4.78, 5) is 41.8. The number of para-hydroxylation sites is 1. The van der Waals surface area contributed by atoms with Crippen molar-refractivity contribution in [3.05, 3.63) is 108 Å². The minimum Gasteiger partial charge on any atom is -0.467 e. The zero-order valence-corrected chi connectivity index (χ0v) is 20.5. The summed E-state index contributed by atoms with van der Waals surface area (Å²) in [7, 11) is 1.27. The molecule has 0 radical (unpaired) electrons. The minimum absolute atomic E-state index is 0.0624. The summed E-state index contributed by atoms with van der Waals surface area (Å²) >= 11 is 0. The molecule has 190 valence electrons. The number of H-pyrrole nitrogens is 1. The van der Waals surface area contributed by atoms with Crippen molar-refractivity contribution >= 4 is 28.9 Å². The first-order valence-electron chi connectivity index (χ1n) is 12.0. The third-order valence-electron chi connectivity index (χ3n) is 6.01. The number of aromatic nitrogens is 1. The van der Waals surface area contributed by atoms with Gasteiger partial charge in [0.2, 0.25) is 5.91 Å². The second-order valence-corrected chi connectivity index (χ2v) is 8.60. The lowest BCUT2D eigenvalue weighted by atomic mass is 10.0. The van der Waals surface area contributed by atoms with E-state index in [1.54, 1.807) is 0 Å². The molecule has 37 heavy (non-hydrogen) atoms. The van der Waals surface area contributed by atoms with Gasteiger partial charge in [0.15, 0.2) is 0 Å². The molecule has 0 saturated carbocycles. The fourth-order valence-corrected chi connectivity index (χ4v) is 4.09. The summed E-state index contributed by atoms with van der Waals surface area (Å²) in [6, 6.07) is 24.3. The molecule has 2 amide bonds. The first-order chi connectivity index (χ1) is 18.0. The van der Waals surface area contributed by atoms with Gasteiger partial charge in [-0.3, -0.25) is 4.79 Å². The van der Waals surface area contributed by atoms with Gasteiger partial charge in [0, 0.05) is 29.9 Å². The Kier molecular flexibility index (Phi) is 8.54. The summed E-state index contributed by atoms with van der Waals surface area (Å²) < 4.78 is 10.3. The molecular weight excluding hydrogens is 470 g/mol. The van der Waals surface area contributed by atoms with E-state index in [2.05, 4.69) is 15.6 Å². The molecule has 0 aliphatic carbocycles. The van der Waals surface area contributed by atoms with E-state index >= 15 is 0 Å². The van der Waals surface area contributed by atoms with Crippen LogP contribution in [-0.2, 0) is 38.5 Å². The zero-order chi connectivity index (χ0) is 26.0. The first-order valence-corrected chi connectivity index (χ1v) is 12.0. The molecule has 1 heterocycles. The fourth-order valence-electron chi connectivity index (χ4n) is 4.09. The molecule has 2 unspecified atom stereocenters. The van der Waals surface area contributed by atoms with Gasteiger partial charge in [-0.2, -0.15) is 0 Å². The Labute approximate surface area is 215 Å². The molecule has 4 rings (SSSR count). The van der Waals surface area contributed by atoms with E-state index < -0.39 is 30.1 Å². The van der Waals surface area contributed by atoms with Gasteiger partial charge in [-0.1, -0.05) is 78.9 Å². The molecule has 8 nitrogen and oxygen atoms in total. The van der Waals surface area contributed by atoms with Crippen molar-refractivity contribution in [1.82, 2.24) is 15.6 Å². The highest BCUT2D eigenvalue weighted by atomic mass is 16.5. The normalized spacial score (nSPS) is 12.4. The van der Waals surface area contributed by atoms with Crippen LogP contribution in [0.3, 0.4) is 0 Å². The molecule has 0 fully saturated rings. The number of methoxy groups -OCH3 is 1. The molecule has 1 aromatic heterocycles. The van der Waals surface area contributed by atoms with Gasteiger partial charge in [0.1, 0.15) is 18.7 Å². The third kappa shape index (κ3) is 6.98. The summed E-state index contributed by atoms with van der Waals surface area (Å²) in [6.45, 7) is 0.0624. The number of nitrogens with one attached hydrogen (secondary N) is 3. The van der Waals surface area contributed by atoms with E-state index in [4.69, 9.17) is 9.47 Å². The van der Waals surface area contributed by atoms with Crippen LogP contribution >= 0.6 is 0 Å². The van der Waals surface area contributed by atoms with Crippen LogP contribution in [0.15, 0.2) is 91.1 Å². The average Bonchev–Trinajstić information content (AvgIpc) is 3.34. The molecular formula is C29H29N3O5. The van der Waals surface area contributed by atoms with Crippen molar-refractivity contribution < 1.29 is 23.9 Å². The fraction of sp³-hybridized carbons (Fsp3) is 0.207. The number of hydrogen-bond acceptors (Lipinski definition) is 5. The van der Waals surface area contributed by atoms with E-state index in [-0.39, 0.29) is 19.4 Å². The van der Waals surface area contributed by atoms with Crippen molar-refractivity contribution in [2.24, 2.45) is 0 Å². The number of amides is 2. The van der Waals surface area contributed by atoms with Crippen LogP contribution in [0, 0.1) is 0 Å². The largest absolute Gasteiger partial charge is 0.467 e. The van der Waals surface area contributed by atoms with Crippen LogP contribution < -0.4 is 10.6 Å². The number of esters is 1. The standard InChI is InChI=1S/C29H29N3O5/c1-36-28(34)26(16-20-10-4-2-5-11-20)31-27(33)25(17-22-18-30-24-15-9-8-14-23(22)24)32-29(35)37-19-21-12-6-3-7-13-21/h2-15,18,25-26,30H,16-17,19H2,1H3,(H,31,33)(H,32,35). The predicted molar refractivity (Wildman–Crippen MR) is 140 cm³/mol. The van der Waals surface area contributed by atoms with E-state index in [0.717, 1.165) is 27.6 Å². The Morgan fingerprint density at radius 3 is 2.14 bits per heavy atom. The maximum Gasteiger partial charge on any atom is 0.408 e. The Morgan fingerprint density at radius 2 is 1.43 bits per heavy atom. The highest BCUT2D eigenvalue weighted by Crippen LogP contribution is 2.19. The number of carbonyl (C=O) groups excluding carboxylic acids is 3. The van der Waals surface area contributed by atoms with E-state index in [1.807, 2.05) is 91.1 Å². The molecule has 0 saturated heterocycles. The third-order valence-corrected chi connectivity index (χ3v) is 6.01. The van der Waals surface area contributed by atoms with Crippen LogP contribution in [0.4, 0.5) is 4.79 Å². The van der Waals surface area contributed by atoms with Crippen LogP contribution in [0.5, 0.6) is 0 Å². The number of carbonyl (C=O) groups is 3. The SMILES string of the molecule is COC(=O)C(Cc1ccccc1)NC(=O)C(Cc1c[nH]c2ccccc12)NC(=O)OCc1ccccc1. The number of hydrogen-bond donors (Lipinski definition) is 3. The molecule has 0 bridgehead atoms. The quantitative estimate of drug-likeness (QED) is 0.287. The van der Waals surface area contributed by atoms with Gasteiger partial charge in [0.05, 0.1) is 7.11 Å². The second-order valence-electron chi connectivity index (χ2n) is 8.60. The average molecular weight is 500 g/mol. The van der Waals surface area contributed by atoms with Crippen molar-refractivity contribution in [2.45, 2.75) is 31.5 Å². The minimum atomic E-state index is -0.995. The number of fused-ring (bicyclic) bond motifs is 1. The van der Waals surface area contributed by atoms with Crippen molar-refractivity contribution in [3.63, 3.8) is 0 Å². The van der Waals surface area contributed by atoms with E-state index in [9.17, 15) is 14.4 Å². The Morgan fingerprint density at radius 1 is 0.784 bits per heavy atom. The number of rotatable bonds is 10. The molecule has 3 aromatic carbocycles. The molecule has 3 N–H and O–H groups in total. The van der Waals surface area contributed by atoms with Crippen LogP contribution in [0.25, 0.3) is 10.9 Å².